The summed E-state index contributed by atoms with van der Waals surface area (Å²) in [4.78, 5) is 28.4. The number of thiophene rings is 1. The van der Waals surface area contributed by atoms with E-state index in [-0.39, 0.29) is 36.3 Å². The molecule has 0 radical (unpaired) electrons. The smallest absolute Gasteiger partial charge is 0.411 e. The van der Waals surface area contributed by atoms with Crippen molar-refractivity contribution in [2.75, 3.05) is 32.6 Å². The predicted molar refractivity (Wildman–Crippen MR) is 154 cm³/mol. The monoisotopic (exact) mass is 594 g/mol. The Morgan fingerprint density at radius 3 is 2.52 bits per heavy atom. The number of carbonyl (C=O) groups is 2. The molecule has 40 heavy (non-hydrogen) atoms. The zero-order chi connectivity index (χ0) is 28.7. The van der Waals surface area contributed by atoms with E-state index in [0.717, 1.165) is 51.4 Å². The summed E-state index contributed by atoms with van der Waals surface area (Å²) in [7, 11) is 3.46. The van der Waals surface area contributed by atoms with Crippen molar-refractivity contribution in [2.24, 2.45) is 5.92 Å². The number of carbonyl (C=O) groups excluding carboxylic acids is 2. The molecule has 2 saturated carbocycles. The maximum absolute atomic E-state index is 13.3. The lowest BCUT2D eigenvalue weighted by Crippen LogP contribution is -2.45. The zero-order valence-electron chi connectivity index (χ0n) is 23.1. The van der Waals surface area contributed by atoms with Gasteiger partial charge in [0.25, 0.3) is 0 Å². The lowest BCUT2D eigenvalue weighted by Gasteiger charge is -2.36. The van der Waals surface area contributed by atoms with Gasteiger partial charge in [-0.25, -0.2) is 9.59 Å². The second-order valence-electron chi connectivity index (χ2n) is 10.6. The molecule has 2 aliphatic carbocycles. The van der Waals surface area contributed by atoms with E-state index < -0.39 is 17.7 Å². The van der Waals surface area contributed by atoms with E-state index >= 15 is 0 Å². The minimum atomic E-state index is -1.56. The van der Waals surface area contributed by atoms with Crippen LogP contribution in [-0.2, 0) is 26.5 Å². The zero-order valence-corrected chi connectivity index (χ0v) is 24.6. The van der Waals surface area contributed by atoms with Crippen LogP contribution in [0.4, 0.5) is 10.5 Å². The van der Waals surface area contributed by atoms with E-state index in [4.69, 9.17) is 25.8 Å². The van der Waals surface area contributed by atoms with Gasteiger partial charge >= 0.3 is 12.1 Å². The van der Waals surface area contributed by atoms with Crippen LogP contribution in [0.1, 0.15) is 61.8 Å². The molecule has 9 nitrogen and oxygen atoms in total. The summed E-state index contributed by atoms with van der Waals surface area (Å²) >= 11 is 7.61. The lowest BCUT2D eigenvalue weighted by atomic mass is 9.84. The number of ether oxygens (including phenoxy) is 3. The highest BCUT2D eigenvalue weighted by atomic mass is 35.5. The molecule has 2 aromatic rings. The number of nitrogens with zero attached hydrogens (tertiary/aromatic N) is 1. The van der Waals surface area contributed by atoms with E-state index in [2.05, 4.69) is 10.2 Å². The molecule has 0 unspecified atom stereocenters. The third-order valence-corrected chi connectivity index (χ3v) is 9.46. The first kappa shape index (κ1) is 30.6. The van der Waals surface area contributed by atoms with Crippen LogP contribution in [0.3, 0.4) is 0 Å². The van der Waals surface area contributed by atoms with Crippen molar-refractivity contribution in [2.45, 2.75) is 75.7 Å². The quantitative estimate of drug-likeness (QED) is 0.299. The van der Waals surface area contributed by atoms with Crippen molar-refractivity contribution < 1.29 is 34.0 Å². The van der Waals surface area contributed by atoms with Crippen LogP contribution in [0.15, 0.2) is 29.6 Å². The van der Waals surface area contributed by atoms with Gasteiger partial charge in [-0.3, -0.25) is 5.32 Å². The van der Waals surface area contributed by atoms with Crippen LogP contribution in [-0.4, -0.2) is 66.6 Å². The van der Waals surface area contributed by atoms with Gasteiger partial charge in [-0.15, -0.1) is 11.3 Å². The minimum Gasteiger partial charge on any atom is -0.496 e. The third kappa shape index (κ3) is 7.09. The number of nitrogens with one attached hydrogen (secondary N) is 1. The van der Waals surface area contributed by atoms with Gasteiger partial charge in [-0.05, 0) is 63.1 Å². The maximum atomic E-state index is 13.3. The Morgan fingerprint density at radius 1 is 1.18 bits per heavy atom. The van der Waals surface area contributed by atoms with Gasteiger partial charge in [0.1, 0.15) is 18.5 Å². The van der Waals surface area contributed by atoms with Crippen LogP contribution >= 0.6 is 22.9 Å². The van der Waals surface area contributed by atoms with Gasteiger partial charge in [-0.2, -0.15) is 0 Å². The average Bonchev–Trinajstić information content (AvgIpc) is 3.69. The number of anilines is 1. The summed E-state index contributed by atoms with van der Waals surface area (Å²) in [6, 6.07) is 7.05. The number of rotatable bonds is 11. The molecule has 2 aliphatic rings. The van der Waals surface area contributed by atoms with E-state index in [0.29, 0.717) is 28.4 Å². The summed E-state index contributed by atoms with van der Waals surface area (Å²) in [6.45, 7) is 0.501. The second kappa shape index (κ2) is 14.0. The van der Waals surface area contributed by atoms with Gasteiger partial charge in [0, 0.05) is 35.0 Å². The molecule has 3 N–H and O–H groups in total. The number of hydrogen-bond acceptors (Lipinski definition) is 9. The fourth-order valence-electron chi connectivity index (χ4n) is 5.77. The van der Waals surface area contributed by atoms with Crippen molar-refractivity contribution >= 4 is 40.7 Å². The fraction of sp³-hybridized carbons (Fsp3) is 0.586. The Balaban J connectivity index is 1.21. The summed E-state index contributed by atoms with van der Waals surface area (Å²) in [6.07, 6.45) is 5.98. The van der Waals surface area contributed by atoms with Crippen molar-refractivity contribution in [3.8, 4) is 5.75 Å². The number of halogens is 1. The molecule has 11 heteroatoms. The number of aliphatic hydroxyl groups excluding tert-OH is 1. The van der Waals surface area contributed by atoms with Crippen LogP contribution < -0.4 is 10.1 Å². The van der Waals surface area contributed by atoms with Gasteiger partial charge in [0.2, 0.25) is 0 Å². The Labute approximate surface area is 244 Å². The molecular formula is C29H39ClN2O7S. The fourth-order valence-corrected chi connectivity index (χ4v) is 6.89. The number of aliphatic hydroxyl groups is 2. The first-order valence-electron chi connectivity index (χ1n) is 13.8. The highest BCUT2D eigenvalue weighted by molar-refractivity contribution is 7.10. The van der Waals surface area contributed by atoms with Gasteiger partial charge < -0.3 is 29.3 Å². The molecule has 1 aromatic carbocycles. The molecule has 1 aromatic heterocycles. The Morgan fingerprint density at radius 2 is 1.90 bits per heavy atom. The van der Waals surface area contributed by atoms with Gasteiger partial charge in [-0.1, -0.05) is 30.5 Å². The molecule has 0 aliphatic heterocycles. The molecule has 2 fully saturated rings. The maximum Gasteiger partial charge on any atom is 0.411 e. The van der Waals surface area contributed by atoms with Crippen molar-refractivity contribution in [3.05, 3.63) is 45.1 Å². The number of methoxy groups -OCH3 is 1. The number of likely N-dealkylation sites (N-methyl/N-ethyl adjacent to an activating group) is 1. The normalized spacial score (nSPS) is 21.1. The van der Waals surface area contributed by atoms with E-state index in [1.807, 2.05) is 24.6 Å². The number of amides is 1. The molecule has 1 atom stereocenters. The van der Waals surface area contributed by atoms with Gasteiger partial charge in [0.15, 0.2) is 5.60 Å². The third-order valence-electron chi connectivity index (χ3n) is 8.15. The van der Waals surface area contributed by atoms with E-state index in [1.54, 1.807) is 6.07 Å². The van der Waals surface area contributed by atoms with Crippen LogP contribution in [0.25, 0.3) is 0 Å². The first-order chi connectivity index (χ1) is 19.3. The SMILES string of the molecule is COc1cc(NC(=O)OCCN(C)[C@H]2CC[C@H](OC(=O)[C@](O)(c3cccs3)C3CCCC3)CC2)c(Cl)cc1CO. The highest BCUT2D eigenvalue weighted by Crippen LogP contribution is 2.43. The Kier molecular flexibility index (Phi) is 10.7. The van der Waals surface area contributed by atoms with Crippen molar-refractivity contribution in [3.63, 3.8) is 0 Å². The summed E-state index contributed by atoms with van der Waals surface area (Å²) in [5.41, 5.74) is -0.711. The number of benzene rings is 1. The van der Waals surface area contributed by atoms with Gasteiger partial charge in [0.05, 0.1) is 24.4 Å². The van der Waals surface area contributed by atoms with Crippen LogP contribution in [0.5, 0.6) is 5.75 Å². The molecule has 0 saturated heterocycles. The molecule has 220 valence electrons. The predicted octanol–water partition coefficient (Wildman–Crippen LogP) is 5.32. The first-order valence-corrected chi connectivity index (χ1v) is 15.1. The highest BCUT2D eigenvalue weighted by Gasteiger charge is 2.49. The molecule has 4 rings (SSSR count). The molecule has 1 amide bonds. The standard InChI is InChI=1S/C29H39ClN2O7S/c1-32(13-14-38-28(35)31-24-17-25(37-2)19(18-33)16-23(24)30)21-9-11-22(12-10-21)39-27(34)29(36,20-6-3-4-7-20)26-8-5-15-40-26/h5,8,15-17,20-22,33,36H,3-4,6-7,9-14,18H2,1-2H3,(H,31,35)/t21-,22-,29-/m1/s1. The second-order valence-corrected chi connectivity index (χ2v) is 12.0. The summed E-state index contributed by atoms with van der Waals surface area (Å²) < 4.78 is 16.5. The van der Waals surface area contributed by atoms with Crippen LogP contribution in [0.2, 0.25) is 5.02 Å². The van der Waals surface area contributed by atoms with Crippen molar-refractivity contribution in [1.29, 1.82) is 0 Å². The number of hydrogen-bond donors (Lipinski definition) is 3. The Bertz CT molecular complexity index is 1130. The molecule has 0 spiro atoms. The Hall–Kier alpha value is -2.37. The van der Waals surface area contributed by atoms with Crippen LogP contribution in [0, 0.1) is 5.92 Å². The summed E-state index contributed by atoms with van der Waals surface area (Å²) in [5, 5.41) is 25.7. The molecule has 0 bridgehead atoms. The minimum absolute atomic E-state index is 0.101. The van der Waals surface area contributed by atoms with E-state index in [1.165, 1.54) is 24.5 Å². The molecule has 1 heterocycles. The number of esters is 1. The lowest BCUT2D eigenvalue weighted by molar-refractivity contribution is -0.180. The topological polar surface area (TPSA) is 118 Å². The van der Waals surface area contributed by atoms with E-state index in [9.17, 15) is 19.8 Å². The molecular weight excluding hydrogens is 556 g/mol. The van der Waals surface area contributed by atoms with Crippen molar-refractivity contribution in [1.82, 2.24) is 4.90 Å². The summed E-state index contributed by atoms with van der Waals surface area (Å²) in [5.74, 6) is -0.198. The largest absolute Gasteiger partial charge is 0.496 e. The average molecular weight is 595 g/mol.